The fraction of sp³-hybridized carbons (Fsp3) is 0.909. The van der Waals surface area contributed by atoms with Crippen LogP contribution in [0.5, 0.6) is 0 Å². The first-order valence-corrected chi connectivity index (χ1v) is 5.32. The number of hydrogen-bond acceptors (Lipinski definition) is 4. The number of nitrogens with two attached hydrogens (primary N) is 1. The Balaban J connectivity index is 2.64. The van der Waals surface area contributed by atoms with Crippen LogP contribution in [0.1, 0.15) is 27.7 Å². The van der Waals surface area contributed by atoms with Crippen molar-refractivity contribution in [3.63, 3.8) is 0 Å². The molecule has 0 spiro atoms. The third-order valence-electron chi connectivity index (χ3n) is 2.38. The Morgan fingerprint density at radius 3 is 2.20 bits per heavy atom. The predicted octanol–water partition coefficient (Wildman–Crippen LogP) is 0.727. The number of hydrogen-bond donors (Lipinski definition) is 1. The molecule has 0 aliphatic carbocycles. The van der Waals surface area contributed by atoms with Crippen LogP contribution in [0.2, 0.25) is 0 Å². The van der Waals surface area contributed by atoms with Gasteiger partial charge in [0.05, 0.1) is 17.3 Å². The highest BCUT2D eigenvalue weighted by atomic mass is 16.5. The summed E-state index contributed by atoms with van der Waals surface area (Å²) >= 11 is 0. The van der Waals surface area contributed by atoms with Crippen LogP contribution >= 0.6 is 0 Å². The zero-order valence-corrected chi connectivity index (χ0v) is 10.1. The van der Waals surface area contributed by atoms with Gasteiger partial charge in [0.1, 0.15) is 6.04 Å². The van der Waals surface area contributed by atoms with E-state index in [4.69, 9.17) is 15.7 Å². The molecule has 1 aliphatic rings. The zero-order chi connectivity index (χ0) is 11.7. The summed E-state index contributed by atoms with van der Waals surface area (Å²) in [6, 6.07) is 1.65. The molecule has 0 saturated carbocycles. The van der Waals surface area contributed by atoms with E-state index < -0.39 is 6.04 Å². The van der Waals surface area contributed by atoms with Crippen LogP contribution in [0, 0.1) is 11.3 Å². The SMILES string of the molecule is CC1(C)CN(CC(N)C#N)CC(C)(C)O1. The molecule has 0 aromatic carbocycles. The summed E-state index contributed by atoms with van der Waals surface area (Å²) in [6.45, 7) is 10.5. The van der Waals surface area contributed by atoms with E-state index in [2.05, 4.69) is 38.7 Å². The van der Waals surface area contributed by atoms with Crippen molar-refractivity contribution in [2.45, 2.75) is 44.9 Å². The summed E-state index contributed by atoms with van der Waals surface area (Å²) in [5.41, 5.74) is 5.30. The van der Waals surface area contributed by atoms with Gasteiger partial charge in [-0.1, -0.05) is 0 Å². The molecule has 0 radical (unpaired) electrons. The van der Waals surface area contributed by atoms with E-state index in [1.54, 1.807) is 0 Å². The third-order valence-corrected chi connectivity index (χ3v) is 2.38. The molecule has 1 saturated heterocycles. The fourth-order valence-corrected chi connectivity index (χ4v) is 2.39. The predicted molar refractivity (Wildman–Crippen MR) is 59.3 cm³/mol. The molecular weight excluding hydrogens is 190 g/mol. The average molecular weight is 211 g/mol. The van der Waals surface area contributed by atoms with Crippen molar-refractivity contribution < 1.29 is 4.74 Å². The first-order valence-electron chi connectivity index (χ1n) is 5.32. The van der Waals surface area contributed by atoms with Crippen molar-refractivity contribution in [2.24, 2.45) is 5.73 Å². The number of morpholine rings is 1. The highest BCUT2D eigenvalue weighted by molar-refractivity contribution is 4.94. The summed E-state index contributed by atoms with van der Waals surface area (Å²) in [7, 11) is 0. The highest BCUT2D eigenvalue weighted by Gasteiger charge is 2.38. The molecule has 1 aliphatic heterocycles. The molecule has 86 valence electrons. The Morgan fingerprint density at radius 2 is 1.80 bits per heavy atom. The average Bonchev–Trinajstić information content (AvgIpc) is 1.97. The Kier molecular flexibility index (Phi) is 3.39. The molecule has 0 bridgehead atoms. The minimum Gasteiger partial charge on any atom is -0.367 e. The van der Waals surface area contributed by atoms with E-state index in [0.717, 1.165) is 13.1 Å². The smallest absolute Gasteiger partial charge is 0.106 e. The van der Waals surface area contributed by atoms with E-state index >= 15 is 0 Å². The maximum atomic E-state index is 8.69. The van der Waals surface area contributed by atoms with E-state index in [1.165, 1.54) is 0 Å². The fourth-order valence-electron chi connectivity index (χ4n) is 2.39. The highest BCUT2D eigenvalue weighted by Crippen LogP contribution is 2.27. The minimum absolute atomic E-state index is 0.170. The third kappa shape index (κ3) is 3.78. The lowest BCUT2D eigenvalue weighted by Gasteiger charge is -2.47. The quantitative estimate of drug-likeness (QED) is 0.731. The first kappa shape index (κ1) is 12.4. The second kappa shape index (κ2) is 4.09. The second-order valence-corrected chi connectivity index (χ2v) is 5.53. The summed E-state index contributed by atoms with van der Waals surface area (Å²) in [6.07, 6.45) is 0. The molecule has 1 unspecified atom stereocenters. The van der Waals surface area contributed by atoms with Crippen LogP contribution in [0.25, 0.3) is 0 Å². The molecule has 0 aromatic heterocycles. The molecule has 1 fully saturated rings. The normalized spacial score (nSPS) is 26.9. The maximum Gasteiger partial charge on any atom is 0.106 e. The standard InChI is InChI=1S/C11H21N3O/c1-10(2)7-14(6-9(13)5-12)8-11(3,4)15-10/h9H,6-8,13H2,1-4H3. The van der Waals surface area contributed by atoms with Crippen LogP contribution in [0.15, 0.2) is 0 Å². The molecule has 0 aromatic rings. The summed E-state index contributed by atoms with van der Waals surface area (Å²) in [4.78, 5) is 2.21. The molecule has 15 heavy (non-hydrogen) atoms. The summed E-state index contributed by atoms with van der Waals surface area (Å²) in [5.74, 6) is 0. The van der Waals surface area contributed by atoms with E-state index in [1.807, 2.05) is 0 Å². The van der Waals surface area contributed by atoms with Crippen LogP contribution in [-0.2, 0) is 4.74 Å². The topological polar surface area (TPSA) is 62.3 Å². The largest absolute Gasteiger partial charge is 0.367 e. The number of nitriles is 1. The van der Waals surface area contributed by atoms with Crippen LogP contribution in [0.4, 0.5) is 0 Å². The van der Waals surface area contributed by atoms with Gasteiger partial charge >= 0.3 is 0 Å². The van der Waals surface area contributed by atoms with Gasteiger partial charge in [-0.25, -0.2) is 0 Å². The molecule has 4 heteroatoms. The molecule has 4 nitrogen and oxygen atoms in total. The van der Waals surface area contributed by atoms with Gasteiger partial charge in [0.25, 0.3) is 0 Å². The lowest BCUT2D eigenvalue weighted by Crippen LogP contribution is -2.58. The lowest BCUT2D eigenvalue weighted by molar-refractivity contribution is -0.180. The van der Waals surface area contributed by atoms with Gasteiger partial charge in [0.15, 0.2) is 0 Å². The summed E-state index contributed by atoms with van der Waals surface area (Å²) < 4.78 is 5.94. The molecule has 1 heterocycles. The Labute approximate surface area is 92.0 Å². The van der Waals surface area contributed by atoms with Gasteiger partial charge in [-0.2, -0.15) is 5.26 Å². The Hall–Kier alpha value is -0.630. The summed E-state index contributed by atoms with van der Waals surface area (Å²) in [5, 5.41) is 8.69. The molecule has 0 amide bonds. The van der Waals surface area contributed by atoms with E-state index in [0.29, 0.717) is 6.54 Å². The van der Waals surface area contributed by atoms with Crippen molar-refractivity contribution >= 4 is 0 Å². The molecule has 1 atom stereocenters. The Bertz CT molecular complexity index is 251. The minimum atomic E-state index is -0.408. The molecular formula is C11H21N3O. The Morgan fingerprint density at radius 1 is 1.33 bits per heavy atom. The maximum absolute atomic E-state index is 8.69. The van der Waals surface area contributed by atoms with E-state index in [9.17, 15) is 0 Å². The van der Waals surface area contributed by atoms with Crippen molar-refractivity contribution in [2.75, 3.05) is 19.6 Å². The molecule has 1 rings (SSSR count). The van der Waals surface area contributed by atoms with Gasteiger partial charge in [-0.3, -0.25) is 4.90 Å². The molecule has 2 N–H and O–H groups in total. The van der Waals surface area contributed by atoms with Gasteiger partial charge in [0, 0.05) is 19.6 Å². The van der Waals surface area contributed by atoms with Crippen LogP contribution in [0.3, 0.4) is 0 Å². The van der Waals surface area contributed by atoms with Crippen LogP contribution < -0.4 is 5.73 Å². The second-order valence-electron chi connectivity index (χ2n) is 5.53. The first-order chi connectivity index (χ1) is 6.74. The van der Waals surface area contributed by atoms with E-state index in [-0.39, 0.29) is 11.2 Å². The van der Waals surface area contributed by atoms with Crippen molar-refractivity contribution in [1.82, 2.24) is 4.90 Å². The lowest BCUT2D eigenvalue weighted by atomic mass is 9.98. The van der Waals surface area contributed by atoms with Crippen LogP contribution in [-0.4, -0.2) is 41.8 Å². The van der Waals surface area contributed by atoms with Crippen molar-refractivity contribution in [3.05, 3.63) is 0 Å². The number of nitrogens with zero attached hydrogens (tertiary/aromatic N) is 2. The van der Waals surface area contributed by atoms with Gasteiger partial charge < -0.3 is 10.5 Å². The van der Waals surface area contributed by atoms with Gasteiger partial charge in [-0.15, -0.1) is 0 Å². The monoisotopic (exact) mass is 211 g/mol. The van der Waals surface area contributed by atoms with Crippen molar-refractivity contribution in [3.8, 4) is 6.07 Å². The number of rotatable bonds is 2. The van der Waals surface area contributed by atoms with Gasteiger partial charge in [-0.05, 0) is 27.7 Å². The van der Waals surface area contributed by atoms with Crippen molar-refractivity contribution in [1.29, 1.82) is 5.26 Å². The zero-order valence-electron chi connectivity index (χ0n) is 10.1. The number of ether oxygens (including phenoxy) is 1. The van der Waals surface area contributed by atoms with Gasteiger partial charge in [0.2, 0.25) is 0 Å².